The van der Waals surface area contributed by atoms with Crippen molar-refractivity contribution < 1.29 is 22.5 Å². The van der Waals surface area contributed by atoms with Crippen molar-refractivity contribution in [2.24, 2.45) is 5.73 Å². The minimum absolute atomic E-state index is 0.00821. The van der Waals surface area contributed by atoms with Crippen LogP contribution in [0.5, 0.6) is 0 Å². The molecule has 7 heteroatoms. The molecule has 0 heterocycles. The van der Waals surface area contributed by atoms with Crippen molar-refractivity contribution in [3.05, 3.63) is 53.6 Å². The quantitative estimate of drug-likeness (QED) is 0.843. The Morgan fingerprint density at radius 1 is 1.14 bits per heavy atom. The smallest absolute Gasteiger partial charge is 0.404 e. The maximum atomic E-state index is 11.3. The summed E-state index contributed by atoms with van der Waals surface area (Å²) in [7, 11) is -4.30. The van der Waals surface area contributed by atoms with Gasteiger partial charge in [0.2, 0.25) is 0 Å². The molecule has 22 heavy (non-hydrogen) atoms. The number of benzene rings is 2. The minimum atomic E-state index is -4.30. The fourth-order valence-electron chi connectivity index (χ4n) is 2.79. The number of primary amides is 1. The third-order valence-corrected chi connectivity index (χ3v) is 4.56. The molecule has 3 N–H and O–H groups in total. The van der Waals surface area contributed by atoms with Gasteiger partial charge in [0.15, 0.2) is 0 Å². The van der Waals surface area contributed by atoms with Crippen LogP contribution in [0.25, 0.3) is 11.1 Å². The van der Waals surface area contributed by atoms with Crippen molar-refractivity contribution in [2.75, 3.05) is 6.61 Å². The van der Waals surface area contributed by atoms with Gasteiger partial charge in [-0.3, -0.25) is 4.55 Å². The van der Waals surface area contributed by atoms with Crippen LogP contribution >= 0.6 is 0 Å². The molecule has 3 rings (SSSR count). The predicted molar refractivity (Wildman–Crippen MR) is 79.1 cm³/mol. The lowest BCUT2D eigenvalue weighted by Gasteiger charge is -2.13. The average Bonchev–Trinajstić information content (AvgIpc) is 2.77. The van der Waals surface area contributed by atoms with Crippen LogP contribution in [-0.2, 0) is 14.9 Å². The molecule has 0 fully saturated rings. The molecular weight excluding hydrogens is 306 g/mol. The van der Waals surface area contributed by atoms with Crippen molar-refractivity contribution in [1.29, 1.82) is 0 Å². The van der Waals surface area contributed by atoms with Gasteiger partial charge in [-0.1, -0.05) is 30.3 Å². The lowest BCUT2D eigenvalue weighted by Crippen LogP contribution is -2.17. The molecule has 1 amide bonds. The van der Waals surface area contributed by atoms with E-state index in [1.807, 2.05) is 24.3 Å². The van der Waals surface area contributed by atoms with Crippen LogP contribution in [0.1, 0.15) is 17.0 Å². The molecule has 1 aliphatic carbocycles. The molecule has 114 valence electrons. The van der Waals surface area contributed by atoms with E-state index in [-0.39, 0.29) is 17.4 Å². The van der Waals surface area contributed by atoms with Gasteiger partial charge in [0, 0.05) is 5.92 Å². The third kappa shape index (κ3) is 2.44. The largest absolute Gasteiger partial charge is 0.449 e. The lowest BCUT2D eigenvalue weighted by atomic mass is 9.98. The first kappa shape index (κ1) is 14.6. The summed E-state index contributed by atoms with van der Waals surface area (Å²) >= 11 is 0. The zero-order valence-electron chi connectivity index (χ0n) is 11.4. The maximum Gasteiger partial charge on any atom is 0.404 e. The topological polar surface area (TPSA) is 107 Å². The second-order valence-corrected chi connectivity index (χ2v) is 6.42. The summed E-state index contributed by atoms with van der Waals surface area (Å²) in [5.74, 6) is -0.319. The number of nitrogens with two attached hydrogens (primary N) is 1. The van der Waals surface area contributed by atoms with Gasteiger partial charge >= 0.3 is 6.09 Å². The highest BCUT2D eigenvalue weighted by Gasteiger charge is 2.30. The van der Waals surface area contributed by atoms with E-state index in [2.05, 4.69) is 0 Å². The van der Waals surface area contributed by atoms with E-state index in [1.165, 1.54) is 12.1 Å². The van der Waals surface area contributed by atoms with Crippen LogP contribution in [0.2, 0.25) is 0 Å². The van der Waals surface area contributed by atoms with Gasteiger partial charge in [0.25, 0.3) is 10.1 Å². The Kier molecular flexibility index (Phi) is 3.38. The van der Waals surface area contributed by atoms with E-state index in [9.17, 15) is 17.8 Å². The standard InChI is InChI=1S/C15H13NO5S/c16-15(17)21-8-14-11-4-2-1-3-10(11)12-6-5-9(7-13(12)14)22(18,19)20/h1-7,14H,8H2,(H2,16,17)(H,18,19,20). The number of fused-ring (bicyclic) bond motifs is 3. The summed E-state index contributed by atoms with van der Waals surface area (Å²) in [5, 5.41) is 0. The summed E-state index contributed by atoms with van der Waals surface area (Å²) in [6.07, 6.45) is -0.892. The van der Waals surface area contributed by atoms with Crippen LogP contribution in [0.3, 0.4) is 0 Å². The van der Waals surface area contributed by atoms with E-state index in [4.69, 9.17) is 10.5 Å². The zero-order valence-corrected chi connectivity index (χ0v) is 12.2. The molecule has 6 nitrogen and oxygen atoms in total. The van der Waals surface area contributed by atoms with Crippen molar-refractivity contribution in [3.63, 3.8) is 0 Å². The van der Waals surface area contributed by atoms with E-state index in [1.54, 1.807) is 6.07 Å². The predicted octanol–water partition coefficient (Wildman–Crippen LogP) is 2.14. The van der Waals surface area contributed by atoms with Gasteiger partial charge in [0.05, 0.1) is 4.90 Å². The van der Waals surface area contributed by atoms with Gasteiger partial charge in [-0.2, -0.15) is 8.42 Å². The minimum Gasteiger partial charge on any atom is -0.449 e. The molecule has 1 aliphatic rings. The Morgan fingerprint density at radius 3 is 2.50 bits per heavy atom. The fourth-order valence-corrected chi connectivity index (χ4v) is 3.31. The van der Waals surface area contributed by atoms with Crippen LogP contribution < -0.4 is 5.73 Å². The number of carbonyl (C=O) groups excluding carboxylic acids is 1. The first-order valence-electron chi connectivity index (χ1n) is 6.51. The SMILES string of the molecule is NC(=O)OCC1c2ccccc2-c2ccc(S(=O)(=O)O)cc21. The number of hydrogen-bond acceptors (Lipinski definition) is 4. The van der Waals surface area contributed by atoms with Crippen molar-refractivity contribution in [2.45, 2.75) is 10.8 Å². The number of ether oxygens (including phenoxy) is 1. The number of rotatable bonds is 3. The summed E-state index contributed by atoms with van der Waals surface area (Å²) in [4.78, 5) is 10.7. The third-order valence-electron chi connectivity index (χ3n) is 3.71. The molecule has 0 aliphatic heterocycles. The second-order valence-electron chi connectivity index (χ2n) is 4.99. The molecular formula is C15H13NO5S. The zero-order chi connectivity index (χ0) is 15.9. The van der Waals surface area contributed by atoms with Gasteiger partial charge in [-0.25, -0.2) is 4.79 Å². The van der Waals surface area contributed by atoms with Crippen molar-refractivity contribution in [3.8, 4) is 11.1 Å². The Hall–Kier alpha value is -2.38. The number of carbonyl (C=O) groups is 1. The van der Waals surface area contributed by atoms with Gasteiger partial charge in [-0.15, -0.1) is 0 Å². The molecule has 0 saturated carbocycles. The molecule has 2 aromatic rings. The van der Waals surface area contributed by atoms with Crippen molar-refractivity contribution >= 4 is 16.2 Å². The number of amides is 1. The molecule has 0 saturated heterocycles. The Balaban J connectivity index is 2.14. The second kappa shape index (κ2) is 5.11. The molecule has 0 radical (unpaired) electrons. The lowest BCUT2D eigenvalue weighted by molar-refractivity contribution is 0.153. The molecule has 1 atom stereocenters. The maximum absolute atomic E-state index is 11.3. The van der Waals surface area contributed by atoms with E-state index >= 15 is 0 Å². The van der Waals surface area contributed by atoms with Crippen LogP contribution in [-0.4, -0.2) is 25.7 Å². The summed E-state index contributed by atoms with van der Waals surface area (Å²) in [6.45, 7) is 0.00821. The molecule has 0 spiro atoms. The van der Waals surface area contributed by atoms with Crippen LogP contribution in [0.15, 0.2) is 47.4 Å². The highest BCUT2D eigenvalue weighted by Crippen LogP contribution is 2.45. The highest BCUT2D eigenvalue weighted by molar-refractivity contribution is 7.85. The number of hydrogen-bond donors (Lipinski definition) is 2. The van der Waals surface area contributed by atoms with Gasteiger partial charge < -0.3 is 10.5 Å². The first-order valence-corrected chi connectivity index (χ1v) is 7.95. The van der Waals surface area contributed by atoms with Gasteiger partial charge in [0.1, 0.15) is 6.61 Å². The summed E-state index contributed by atoms with van der Waals surface area (Å²) in [5.41, 5.74) is 8.40. The van der Waals surface area contributed by atoms with Crippen LogP contribution in [0.4, 0.5) is 4.79 Å². The van der Waals surface area contributed by atoms with E-state index in [0.29, 0.717) is 5.56 Å². The normalized spacial score (nSPS) is 16.0. The summed E-state index contributed by atoms with van der Waals surface area (Å²) in [6, 6.07) is 11.9. The fraction of sp³-hybridized carbons (Fsp3) is 0.133. The molecule has 1 unspecified atom stereocenters. The van der Waals surface area contributed by atoms with E-state index in [0.717, 1.165) is 16.7 Å². The first-order chi connectivity index (χ1) is 10.4. The van der Waals surface area contributed by atoms with Crippen LogP contribution in [0, 0.1) is 0 Å². The van der Waals surface area contributed by atoms with E-state index < -0.39 is 16.2 Å². The molecule has 0 aromatic heterocycles. The molecule has 0 bridgehead atoms. The summed E-state index contributed by atoms with van der Waals surface area (Å²) < 4.78 is 36.8. The Labute approximate surface area is 127 Å². The van der Waals surface area contributed by atoms with Gasteiger partial charge in [-0.05, 0) is 34.4 Å². The van der Waals surface area contributed by atoms with Crippen molar-refractivity contribution in [1.82, 2.24) is 0 Å². The highest BCUT2D eigenvalue weighted by atomic mass is 32.2. The average molecular weight is 319 g/mol. The Morgan fingerprint density at radius 2 is 1.82 bits per heavy atom. The monoisotopic (exact) mass is 319 g/mol. The Bertz CT molecular complexity index is 860. The molecule has 2 aromatic carbocycles.